The average Bonchev–Trinajstić information content (AvgIpc) is 3.34. The molecule has 1 aliphatic heterocycles. The second kappa shape index (κ2) is 6.35. The van der Waals surface area contributed by atoms with Crippen LogP contribution in [0.15, 0.2) is 12.1 Å². The van der Waals surface area contributed by atoms with Crippen molar-refractivity contribution in [2.45, 2.75) is 26.2 Å². The van der Waals surface area contributed by atoms with E-state index in [1.165, 1.54) is 6.07 Å². The number of nitro benzene ring substituents is 1. The highest BCUT2D eigenvalue weighted by Crippen LogP contribution is 2.34. The number of carbonyl (C=O) groups excluding carboxylic acids is 1. The Morgan fingerprint density at radius 3 is 2.65 bits per heavy atom. The minimum absolute atomic E-state index is 0.0408. The first-order valence-electron chi connectivity index (χ1n) is 7.95. The molecule has 0 N–H and O–H groups in total. The lowest BCUT2D eigenvalue weighted by Crippen LogP contribution is -2.36. The first-order chi connectivity index (χ1) is 11.0. The molecule has 1 heterocycles. The average molecular weight is 338 g/mol. The molecule has 0 radical (unpaired) electrons. The third-order valence-electron chi connectivity index (χ3n) is 4.54. The number of benzene rings is 1. The van der Waals surface area contributed by atoms with Crippen molar-refractivity contribution in [3.63, 3.8) is 0 Å². The van der Waals surface area contributed by atoms with E-state index in [1.54, 1.807) is 13.0 Å². The van der Waals surface area contributed by atoms with Gasteiger partial charge in [0.2, 0.25) is 5.91 Å². The first-order valence-corrected chi connectivity index (χ1v) is 8.33. The molecule has 23 heavy (non-hydrogen) atoms. The molecule has 1 aliphatic carbocycles. The monoisotopic (exact) mass is 337 g/mol. The number of nitro groups is 1. The van der Waals surface area contributed by atoms with Crippen LogP contribution in [-0.2, 0) is 4.79 Å². The van der Waals surface area contributed by atoms with Gasteiger partial charge in [-0.1, -0.05) is 11.6 Å². The van der Waals surface area contributed by atoms with E-state index < -0.39 is 4.92 Å². The fourth-order valence-electron chi connectivity index (χ4n) is 3.06. The quantitative estimate of drug-likeness (QED) is 0.628. The molecule has 2 aliphatic rings. The van der Waals surface area contributed by atoms with Crippen LogP contribution in [0.4, 0.5) is 11.4 Å². The normalized spacial score (nSPS) is 18.7. The Morgan fingerprint density at radius 1 is 1.26 bits per heavy atom. The molecule has 1 saturated carbocycles. The lowest BCUT2D eigenvalue weighted by molar-refractivity contribution is -0.385. The molecule has 1 amide bonds. The van der Waals surface area contributed by atoms with Crippen LogP contribution in [0, 0.1) is 23.0 Å². The summed E-state index contributed by atoms with van der Waals surface area (Å²) < 4.78 is 0. The smallest absolute Gasteiger partial charge is 0.273 e. The van der Waals surface area contributed by atoms with Crippen molar-refractivity contribution in [1.29, 1.82) is 0 Å². The maximum Gasteiger partial charge on any atom is 0.273 e. The molecule has 0 atom stereocenters. The Balaban J connectivity index is 1.75. The van der Waals surface area contributed by atoms with Gasteiger partial charge in [0.05, 0.1) is 15.6 Å². The van der Waals surface area contributed by atoms with Gasteiger partial charge in [-0.2, -0.15) is 0 Å². The second-order valence-corrected chi connectivity index (χ2v) is 6.69. The summed E-state index contributed by atoms with van der Waals surface area (Å²) in [6.45, 7) is 4.68. The molecule has 7 heteroatoms. The van der Waals surface area contributed by atoms with Crippen LogP contribution in [0.25, 0.3) is 0 Å². The van der Waals surface area contributed by atoms with Gasteiger partial charge < -0.3 is 9.80 Å². The van der Waals surface area contributed by atoms with Crippen LogP contribution in [0.1, 0.15) is 24.8 Å². The predicted molar refractivity (Wildman–Crippen MR) is 89.0 cm³/mol. The van der Waals surface area contributed by atoms with Crippen molar-refractivity contribution in [3.8, 4) is 0 Å². The van der Waals surface area contributed by atoms with E-state index in [4.69, 9.17) is 11.6 Å². The third-order valence-corrected chi connectivity index (χ3v) is 4.84. The molecule has 0 bridgehead atoms. The van der Waals surface area contributed by atoms with Crippen LogP contribution in [0.5, 0.6) is 0 Å². The molecule has 2 fully saturated rings. The predicted octanol–water partition coefficient (Wildman–Crippen LogP) is 3.01. The first kappa shape index (κ1) is 16.1. The Kier molecular flexibility index (Phi) is 4.43. The largest absolute Gasteiger partial charge is 0.368 e. The van der Waals surface area contributed by atoms with Crippen molar-refractivity contribution in [2.75, 3.05) is 31.1 Å². The molecule has 1 aromatic carbocycles. The van der Waals surface area contributed by atoms with E-state index in [2.05, 4.69) is 4.90 Å². The Bertz CT molecular complexity index is 646. The van der Waals surface area contributed by atoms with Crippen LogP contribution in [0.2, 0.25) is 5.02 Å². The van der Waals surface area contributed by atoms with Gasteiger partial charge in [0.1, 0.15) is 0 Å². The summed E-state index contributed by atoms with van der Waals surface area (Å²) in [6.07, 6.45) is 2.92. The van der Waals surface area contributed by atoms with Crippen molar-refractivity contribution >= 4 is 28.9 Å². The highest BCUT2D eigenvalue weighted by atomic mass is 35.5. The number of amides is 1. The van der Waals surface area contributed by atoms with E-state index in [9.17, 15) is 14.9 Å². The molecule has 0 unspecified atom stereocenters. The SMILES string of the molecule is Cc1cc(N2CCCN(C(=O)C3CC3)CC2)c(Cl)cc1[N+](=O)[O-]. The fourth-order valence-corrected chi connectivity index (χ4v) is 3.34. The molecular formula is C16H20ClN3O3. The van der Waals surface area contributed by atoms with Crippen molar-refractivity contribution in [1.82, 2.24) is 4.90 Å². The van der Waals surface area contributed by atoms with Gasteiger partial charge in [0, 0.05) is 43.7 Å². The van der Waals surface area contributed by atoms with Gasteiger partial charge in [-0.15, -0.1) is 0 Å². The molecule has 0 spiro atoms. The van der Waals surface area contributed by atoms with Gasteiger partial charge in [0.15, 0.2) is 0 Å². The zero-order valence-electron chi connectivity index (χ0n) is 13.1. The number of anilines is 1. The van der Waals surface area contributed by atoms with Crippen LogP contribution < -0.4 is 4.90 Å². The zero-order valence-corrected chi connectivity index (χ0v) is 13.9. The number of rotatable bonds is 3. The van der Waals surface area contributed by atoms with Crippen molar-refractivity contribution in [2.24, 2.45) is 5.92 Å². The number of aryl methyl sites for hydroxylation is 1. The standard InChI is InChI=1S/C16H20ClN3O3/c1-11-9-15(13(17)10-14(11)20(22)23)18-5-2-6-19(8-7-18)16(21)12-3-4-12/h9-10,12H,2-8H2,1H3. The zero-order chi connectivity index (χ0) is 16.6. The highest BCUT2D eigenvalue weighted by Gasteiger charge is 2.34. The minimum atomic E-state index is -0.413. The maximum atomic E-state index is 12.2. The molecule has 3 rings (SSSR count). The Labute approximate surface area is 140 Å². The summed E-state index contributed by atoms with van der Waals surface area (Å²) in [4.78, 5) is 26.9. The summed E-state index contributed by atoms with van der Waals surface area (Å²) in [5, 5.41) is 11.4. The number of hydrogen-bond donors (Lipinski definition) is 0. The van der Waals surface area contributed by atoms with Crippen LogP contribution >= 0.6 is 11.6 Å². The van der Waals surface area contributed by atoms with E-state index >= 15 is 0 Å². The van der Waals surface area contributed by atoms with Gasteiger partial charge in [0.25, 0.3) is 5.69 Å². The van der Waals surface area contributed by atoms with Crippen molar-refractivity contribution < 1.29 is 9.72 Å². The Hall–Kier alpha value is -1.82. The Morgan fingerprint density at radius 2 is 2.00 bits per heavy atom. The van der Waals surface area contributed by atoms with Gasteiger partial charge >= 0.3 is 0 Å². The summed E-state index contributed by atoms with van der Waals surface area (Å²) in [6, 6.07) is 3.20. The van der Waals surface area contributed by atoms with E-state index in [0.29, 0.717) is 23.7 Å². The lowest BCUT2D eigenvalue weighted by Gasteiger charge is -2.25. The lowest BCUT2D eigenvalue weighted by atomic mass is 10.1. The van der Waals surface area contributed by atoms with Gasteiger partial charge in [-0.25, -0.2) is 0 Å². The molecule has 0 aromatic heterocycles. The maximum absolute atomic E-state index is 12.2. The second-order valence-electron chi connectivity index (χ2n) is 6.29. The molecular weight excluding hydrogens is 318 g/mol. The van der Waals surface area contributed by atoms with E-state index in [0.717, 1.165) is 38.0 Å². The number of halogens is 1. The summed E-state index contributed by atoms with van der Waals surface area (Å²) >= 11 is 6.26. The summed E-state index contributed by atoms with van der Waals surface area (Å²) in [5.74, 6) is 0.518. The molecule has 1 saturated heterocycles. The summed E-state index contributed by atoms with van der Waals surface area (Å²) in [7, 11) is 0. The number of carbonyl (C=O) groups is 1. The van der Waals surface area contributed by atoms with Crippen molar-refractivity contribution in [3.05, 3.63) is 32.8 Å². The molecule has 124 valence electrons. The van der Waals surface area contributed by atoms with Gasteiger partial charge in [-0.05, 0) is 32.3 Å². The minimum Gasteiger partial charge on any atom is -0.368 e. The van der Waals surface area contributed by atoms with Crippen LogP contribution in [-0.4, -0.2) is 41.9 Å². The fraction of sp³-hybridized carbons (Fsp3) is 0.562. The number of hydrogen-bond acceptors (Lipinski definition) is 4. The third kappa shape index (κ3) is 3.42. The molecule has 6 nitrogen and oxygen atoms in total. The van der Waals surface area contributed by atoms with Gasteiger partial charge in [-0.3, -0.25) is 14.9 Å². The molecule has 1 aromatic rings. The highest BCUT2D eigenvalue weighted by molar-refractivity contribution is 6.33. The van der Waals surface area contributed by atoms with E-state index in [1.807, 2.05) is 4.90 Å². The topological polar surface area (TPSA) is 66.7 Å². The van der Waals surface area contributed by atoms with E-state index in [-0.39, 0.29) is 17.5 Å². The number of nitrogens with zero attached hydrogens (tertiary/aromatic N) is 3. The van der Waals surface area contributed by atoms with Crippen LogP contribution in [0.3, 0.4) is 0 Å². The summed E-state index contributed by atoms with van der Waals surface area (Å²) in [5.41, 5.74) is 1.46.